The molecule has 1 aromatic rings. The van der Waals surface area contributed by atoms with E-state index in [1.165, 1.54) is 0 Å². The minimum atomic E-state index is 0.638. The van der Waals surface area contributed by atoms with E-state index in [1.54, 1.807) is 19.5 Å². The molecule has 1 N–H and O–H groups in total. The van der Waals surface area contributed by atoms with Gasteiger partial charge in [0.05, 0.1) is 32.7 Å². The van der Waals surface area contributed by atoms with E-state index in [0.717, 1.165) is 39.4 Å². The van der Waals surface area contributed by atoms with Crippen molar-refractivity contribution in [3.8, 4) is 5.75 Å². The quantitative estimate of drug-likeness (QED) is 0.792. The highest BCUT2D eigenvalue weighted by Gasteiger charge is 2.09. The van der Waals surface area contributed by atoms with Crippen molar-refractivity contribution in [1.29, 1.82) is 0 Å². The average Bonchev–Trinajstić information content (AvgIpc) is 2.41. The Morgan fingerprint density at radius 3 is 2.71 bits per heavy atom. The minimum Gasteiger partial charge on any atom is -0.494 e. The summed E-state index contributed by atoms with van der Waals surface area (Å²) in [6.45, 7) is 5.50. The number of ether oxygens (including phenoxy) is 2. The van der Waals surface area contributed by atoms with Crippen LogP contribution in [0.25, 0.3) is 0 Å². The molecular weight excluding hydrogens is 220 g/mol. The van der Waals surface area contributed by atoms with E-state index in [9.17, 15) is 0 Å². The summed E-state index contributed by atoms with van der Waals surface area (Å²) in [5.74, 6) is 1.31. The Bertz CT molecular complexity index is 325. The number of nitrogens with zero attached hydrogens (tertiary/aromatic N) is 3. The Balaban J connectivity index is 1.69. The Labute approximate surface area is 101 Å². The number of hydrogen-bond donors (Lipinski definition) is 1. The van der Waals surface area contributed by atoms with E-state index in [2.05, 4.69) is 20.2 Å². The van der Waals surface area contributed by atoms with Gasteiger partial charge in [-0.25, -0.2) is 9.97 Å². The van der Waals surface area contributed by atoms with Gasteiger partial charge in [0, 0.05) is 26.2 Å². The number of hydrogen-bond acceptors (Lipinski definition) is 6. The van der Waals surface area contributed by atoms with Crippen LogP contribution >= 0.6 is 0 Å². The van der Waals surface area contributed by atoms with Crippen LogP contribution in [-0.2, 0) is 4.74 Å². The third-order valence-corrected chi connectivity index (χ3v) is 2.68. The van der Waals surface area contributed by atoms with Crippen LogP contribution in [0.2, 0.25) is 0 Å². The maximum atomic E-state index is 5.29. The number of aromatic nitrogens is 2. The molecule has 1 aliphatic rings. The molecule has 0 atom stereocenters. The first-order valence-electron chi connectivity index (χ1n) is 5.78. The lowest BCUT2D eigenvalue weighted by Crippen LogP contribution is -2.39. The van der Waals surface area contributed by atoms with Gasteiger partial charge in [-0.05, 0) is 0 Å². The highest BCUT2D eigenvalue weighted by molar-refractivity contribution is 5.26. The molecule has 0 unspecified atom stereocenters. The third kappa shape index (κ3) is 3.83. The zero-order valence-electron chi connectivity index (χ0n) is 10.1. The molecule has 0 amide bonds. The van der Waals surface area contributed by atoms with Crippen LogP contribution in [0.15, 0.2) is 12.4 Å². The van der Waals surface area contributed by atoms with Gasteiger partial charge < -0.3 is 14.8 Å². The van der Waals surface area contributed by atoms with Gasteiger partial charge >= 0.3 is 0 Å². The highest BCUT2D eigenvalue weighted by atomic mass is 16.5. The summed E-state index contributed by atoms with van der Waals surface area (Å²) in [7, 11) is 1.60. The molecule has 0 bridgehead atoms. The Kier molecular flexibility index (Phi) is 4.52. The van der Waals surface area contributed by atoms with Crippen LogP contribution in [0.3, 0.4) is 0 Å². The highest BCUT2D eigenvalue weighted by Crippen LogP contribution is 2.06. The summed E-state index contributed by atoms with van der Waals surface area (Å²) in [4.78, 5) is 10.6. The first-order valence-corrected chi connectivity index (χ1v) is 5.78. The Hall–Kier alpha value is -1.40. The van der Waals surface area contributed by atoms with Crippen LogP contribution in [0.4, 0.5) is 5.95 Å². The summed E-state index contributed by atoms with van der Waals surface area (Å²) in [5.41, 5.74) is 0. The number of nitrogens with one attached hydrogen (secondary N) is 1. The lowest BCUT2D eigenvalue weighted by molar-refractivity contribution is 0.0398. The molecule has 1 saturated heterocycles. The molecule has 0 aromatic carbocycles. The topological polar surface area (TPSA) is 59.5 Å². The summed E-state index contributed by atoms with van der Waals surface area (Å²) in [6.07, 6.45) is 3.31. The fraction of sp³-hybridized carbons (Fsp3) is 0.636. The second kappa shape index (κ2) is 6.36. The number of anilines is 1. The maximum Gasteiger partial charge on any atom is 0.222 e. The lowest BCUT2D eigenvalue weighted by Gasteiger charge is -2.26. The Morgan fingerprint density at radius 2 is 2.06 bits per heavy atom. The van der Waals surface area contributed by atoms with Gasteiger partial charge in [0.1, 0.15) is 0 Å². The molecule has 0 aliphatic carbocycles. The van der Waals surface area contributed by atoms with Crippen molar-refractivity contribution in [2.45, 2.75) is 0 Å². The smallest absolute Gasteiger partial charge is 0.222 e. The predicted octanol–water partition coefficient (Wildman–Crippen LogP) is 0.229. The third-order valence-electron chi connectivity index (χ3n) is 2.68. The summed E-state index contributed by atoms with van der Waals surface area (Å²) >= 11 is 0. The molecule has 6 nitrogen and oxygen atoms in total. The van der Waals surface area contributed by atoms with Crippen molar-refractivity contribution in [2.24, 2.45) is 0 Å². The van der Waals surface area contributed by atoms with E-state index in [4.69, 9.17) is 9.47 Å². The molecule has 0 spiro atoms. The van der Waals surface area contributed by atoms with E-state index < -0.39 is 0 Å². The maximum absolute atomic E-state index is 5.29. The number of methoxy groups -OCH3 is 1. The van der Waals surface area contributed by atoms with Crippen LogP contribution in [-0.4, -0.2) is 61.4 Å². The van der Waals surface area contributed by atoms with E-state index in [1.807, 2.05) is 0 Å². The molecule has 6 heteroatoms. The standard InChI is InChI=1S/C11H18N4O2/c1-16-10-8-13-11(14-9-10)12-2-3-15-4-6-17-7-5-15/h8-9H,2-7H2,1H3,(H,12,13,14). The largest absolute Gasteiger partial charge is 0.494 e. The van der Waals surface area contributed by atoms with Gasteiger partial charge in [-0.2, -0.15) is 0 Å². The second-order valence-corrected chi connectivity index (χ2v) is 3.83. The molecule has 1 aliphatic heterocycles. The first kappa shape index (κ1) is 12.1. The fourth-order valence-corrected chi connectivity index (χ4v) is 1.66. The van der Waals surface area contributed by atoms with Gasteiger partial charge in [0.25, 0.3) is 0 Å². The van der Waals surface area contributed by atoms with Crippen LogP contribution in [0.5, 0.6) is 5.75 Å². The lowest BCUT2D eigenvalue weighted by atomic mass is 10.4. The van der Waals surface area contributed by atoms with Crippen molar-refractivity contribution in [3.05, 3.63) is 12.4 Å². The zero-order chi connectivity index (χ0) is 11.9. The first-order chi connectivity index (χ1) is 8.38. The number of rotatable bonds is 5. The van der Waals surface area contributed by atoms with Gasteiger partial charge in [-0.1, -0.05) is 0 Å². The Morgan fingerprint density at radius 1 is 1.35 bits per heavy atom. The summed E-state index contributed by atoms with van der Waals surface area (Å²) < 4.78 is 10.3. The van der Waals surface area contributed by atoms with E-state index in [0.29, 0.717) is 11.7 Å². The predicted molar refractivity (Wildman–Crippen MR) is 64.3 cm³/mol. The fourth-order valence-electron chi connectivity index (χ4n) is 1.66. The van der Waals surface area contributed by atoms with Crippen molar-refractivity contribution in [3.63, 3.8) is 0 Å². The number of morpholine rings is 1. The average molecular weight is 238 g/mol. The second-order valence-electron chi connectivity index (χ2n) is 3.83. The van der Waals surface area contributed by atoms with Crippen molar-refractivity contribution in [2.75, 3.05) is 51.8 Å². The zero-order valence-corrected chi connectivity index (χ0v) is 10.1. The molecule has 0 saturated carbocycles. The van der Waals surface area contributed by atoms with Crippen LogP contribution in [0.1, 0.15) is 0 Å². The SMILES string of the molecule is COc1cnc(NCCN2CCOCC2)nc1. The van der Waals surface area contributed by atoms with Crippen LogP contribution in [0, 0.1) is 0 Å². The van der Waals surface area contributed by atoms with Gasteiger partial charge in [-0.3, -0.25) is 4.90 Å². The van der Waals surface area contributed by atoms with Gasteiger partial charge in [0.2, 0.25) is 5.95 Å². The monoisotopic (exact) mass is 238 g/mol. The molecule has 0 radical (unpaired) electrons. The van der Waals surface area contributed by atoms with Gasteiger partial charge in [-0.15, -0.1) is 0 Å². The normalized spacial score (nSPS) is 16.8. The molecular formula is C11H18N4O2. The van der Waals surface area contributed by atoms with Crippen molar-refractivity contribution in [1.82, 2.24) is 14.9 Å². The molecule has 2 rings (SSSR count). The van der Waals surface area contributed by atoms with E-state index >= 15 is 0 Å². The van der Waals surface area contributed by atoms with Crippen LogP contribution < -0.4 is 10.1 Å². The van der Waals surface area contributed by atoms with Crippen molar-refractivity contribution >= 4 is 5.95 Å². The van der Waals surface area contributed by atoms with E-state index in [-0.39, 0.29) is 0 Å². The minimum absolute atomic E-state index is 0.638. The molecule has 2 heterocycles. The van der Waals surface area contributed by atoms with Gasteiger partial charge in [0.15, 0.2) is 5.75 Å². The molecule has 1 fully saturated rings. The summed E-state index contributed by atoms with van der Waals surface area (Å²) in [6, 6.07) is 0. The molecule has 1 aromatic heterocycles. The summed E-state index contributed by atoms with van der Waals surface area (Å²) in [5, 5.41) is 3.18. The molecule has 94 valence electrons. The molecule has 17 heavy (non-hydrogen) atoms. The van der Waals surface area contributed by atoms with Crippen molar-refractivity contribution < 1.29 is 9.47 Å².